The van der Waals surface area contributed by atoms with Gasteiger partial charge in [-0.25, -0.2) is 4.98 Å². The minimum atomic E-state index is -0.994. The SMILES string of the molecule is CCNC(=O)C(C#N)C1S/C(=C/Nc2cccc(NC(=O)CN3CCN(c4ccc(OC)cc4)CC3)n2)C(=O)N1CC. The molecule has 2 saturated heterocycles. The Balaban J connectivity index is 1.30. The summed E-state index contributed by atoms with van der Waals surface area (Å²) in [5, 5.41) is 17.5. The third-order valence-electron chi connectivity index (χ3n) is 6.97. The van der Waals surface area contributed by atoms with Gasteiger partial charge in [0.2, 0.25) is 11.8 Å². The summed E-state index contributed by atoms with van der Waals surface area (Å²) in [7, 11) is 1.65. The summed E-state index contributed by atoms with van der Waals surface area (Å²) in [6, 6.07) is 15.2. The molecule has 4 rings (SSSR count). The molecule has 0 aliphatic carbocycles. The molecule has 42 heavy (non-hydrogen) atoms. The van der Waals surface area contributed by atoms with Gasteiger partial charge in [0.25, 0.3) is 5.91 Å². The molecule has 2 aromatic rings. The highest BCUT2D eigenvalue weighted by atomic mass is 32.2. The Bertz CT molecular complexity index is 1340. The molecule has 0 spiro atoms. The predicted octanol–water partition coefficient (Wildman–Crippen LogP) is 2.30. The van der Waals surface area contributed by atoms with Crippen molar-refractivity contribution in [3.63, 3.8) is 0 Å². The lowest BCUT2D eigenvalue weighted by atomic mass is 10.1. The zero-order valence-electron chi connectivity index (χ0n) is 24.0. The van der Waals surface area contributed by atoms with Gasteiger partial charge in [0.15, 0.2) is 5.92 Å². The van der Waals surface area contributed by atoms with Gasteiger partial charge in [0, 0.05) is 51.2 Å². The number of ether oxygens (including phenoxy) is 1. The number of pyridine rings is 1. The van der Waals surface area contributed by atoms with Gasteiger partial charge in [-0.15, -0.1) is 0 Å². The van der Waals surface area contributed by atoms with Crippen molar-refractivity contribution in [1.82, 2.24) is 20.1 Å². The number of methoxy groups -OCH3 is 1. The highest BCUT2D eigenvalue weighted by Gasteiger charge is 2.43. The fourth-order valence-corrected chi connectivity index (χ4v) is 6.07. The number of nitriles is 1. The van der Waals surface area contributed by atoms with E-state index in [4.69, 9.17) is 4.74 Å². The van der Waals surface area contributed by atoms with E-state index in [9.17, 15) is 19.6 Å². The number of nitrogens with zero attached hydrogens (tertiary/aromatic N) is 5. The fraction of sp³-hybridized carbons (Fsp3) is 0.414. The van der Waals surface area contributed by atoms with Crippen molar-refractivity contribution >= 4 is 46.8 Å². The molecule has 2 unspecified atom stereocenters. The van der Waals surface area contributed by atoms with Gasteiger partial charge in [-0.1, -0.05) is 17.8 Å². The third-order valence-corrected chi connectivity index (χ3v) is 8.28. The van der Waals surface area contributed by atoms with E-state index >= 15 is 0 Å². The first-order chi connectivity index (χ1) is 20.4. The van der Waals surface area contributed by atoms with Crippen LogP contribution in [0.1, 0.15) is 13.8 Å². The van der Waals surface area contributed by atoms with E-state index in [1.807, 2.05) is 37.3 Å². The van der Waals surface area contributed by atoms with Gasteiger partial charge in [0.05, 0.1) is 24.6 Å². The molecule has 12 nitrogen and oxygen atoms in total. The number of carbonyl (C=O) groups is 3. The molecule has 1 aromatic heterocycles. The Labute approximate surface area is 250 Å². The molecular weight excluding hydrogens is 556 g/mol. The predicted molar refractivity (Wildman–Crippen MR) is 163 cm³/mol. The first-order valence-corrected chi connectivity index (χ1v) is 14.7. The lowest BCUT2D eigenvalue weighted by Crippen LogP contribution is -2.48. The van der Waals surface area contributed by atoms with Crippen molar-refractivity contribution < 1.29 is 19.1 Å². The van der Waals surface area contributed by atoms with Crippen LogP contribution < -0.4 is 25.6 Å². The second kappa shape index (κ2) is 14.6. The molecule has 2 aliphatic heterocycles. The number of thioether (sulfide) groups is 1. The van der Waals surface area contributed by atoms with Crippen LogP contribution in [0.5, 0.6) is 5.75 Å². The van der Waals surface area contributed by atoms with Crippen LogP contribution in [0, 0.1) is 17.2 Å². The van der Waals surface area contributed by atoms with Crippen molar-refractivity contribution in [2.45, 2.75) is 19.2 Å². The van der Waals surface area contributed by atoms with Gasteiger partial charge >= 0.3 is 0 Å². The molecule has 3 N–H and O–H groups in total. The minimum Gasteiger partial charge on any atom is -0.497 e. The highest BCUT2D eigenvalue weighted by Crippen LogP contribution is 2.38. The number of amides is 3. The van der Waals surface area contributed by atoms with Crippen LogP contribution in [-0.2, 0) is 14.4 Å². The maximum absolute atomic E-state index is 13.0. The third kappa shape index (κ3) is 7.51. The van der Waals surface area contributed by atoms with Gasteiger partial charge < -0.3 is 30.5 Å². The molecule has 3 amide bonds. The first-order valence-electron chi connectivity index (χ1n) is 13.9. The summed E-state index contributed by atoms with van der Waals surface area (Å²) < 4.78 is 5.23. The Morgan fingerprint density at radius 2 is 1.86 bits per heavy atom. The number of rotatable bonds is 11. The van der Waals surface area contributed by atoms with E-state index in [-0.39, 0.29) is 18.4 Å². The van der Waals surface area contributed by atoms with E-state index in [2.05, 4.69) is 30.7 Å². The number of benzene rings is 1. The summed E-state index contributed by atoms with van der Waals surface area (Å²) in [4.78, 5) is 48.8. The van der Waals surface area contributed by atoms with E-state index in [1.165, 1.54) is 22.9 Å². The summed E-state index contributed by atoms with van der Waals surface area (Å²) in [6.45, 7) is 7.76. The van der Waals surface area contributed by atoms with Crippen LogP contribution in [0.15, 0.2) is 53.6 Å². The molecule has 0 bridgehead atoms. The molecule has 2 aliphatic rings. The fourth-order valence-electron chi connectivity index (χ4n) is 4.77. The second-order valence-electron chi connectivity index (χ2n) is 9.67. The average molecular weight is 593 g/mol. The largest absolute Gasteiger partial charge is 0.497 e. The number of piperazine rings is 1. The van der Waals surface area contributed by atoms with Crippen molar-refractivity contribution in [2.75, 3.05) is 68.5 Å². The van der Waals surface area contributed by atoms with Crippen LogP contribution in [0.25, 0.3) is 0 Å². The zero-order valence-corrected chi connectivity index (χ0v) is 24.8. The minimum absolute atomic E-state index is 0.160. The molecule has 3 heterocycles. The number of hydrogen-bond acceptors (Lipinski definition) is 10. The van der Waals surface area contributed by atoms with Crippen molar-refractivity contribution in [1.29, 1.82) is 5.26 Å². The normalized spacial score (nSPS) is 18.9. The Hall–Kier alpha value is -4.28. The average Bonchev–Trinajstić information content (AvgIpc) is 3.31. The standard InChI is InChI=1S/C29H36N8O4S/c1-4-31-27(39)22(17-30)29-37(5-2)28(40)23(42-29)18-32-24-7-6-8-25(33-24)34-26(38)19-35-13-15-36(16-14-35)20-9-11-21(41-3)12-10-20/h6-12,18,22,29H,4-5,13-16,19H2,1-3H3,(H,31,39)(H2,32,33,34,38)/b23-18+. The van der Waals surface area contributed by atoms with Crippen LogP contribution in [0.4, 0.5) is 17.3 Å². The van der Waals surface area contributed by atoms with Gasteiger partial charge in [-0.05, 0) is 50.2 Å². The smallest absolute Gasteiger partial charge is 0.262 e. The number of nitrogens with one attached hydrogen (secondary N) is 3. The topological polar surface area (TPSA) is 143 Å². The molecule has 2 fully saturated rings. The number of aromatic nitrogens is 1. The van der Waals surface area contributed by atoms with Crippen LogP contribution in [0.3, 0.4) is 0 Å². The first kappa shape index (κ1) is 30.7. The molecule has 13 heteroatoms. The Morgan fingerprint density at radius 1 is 1.14 bits per heavy atom. The van der Waals surface area contributed by atoms with Crippen molar-refractivity contribution in [3.8, 4) is 11.8 Å². The van der Waals surface area contributed by atoms with Crippen LogP contribution >= 0.6 is 11.8 Å². The molecule has 0 saturated carbocycles. The van der Waals surface area contributed by atoms with E-state index < -0.39 is 17.2 Å². The zero-order chi connectivity index (χ0) is 30.1. The molecule has 0 radical (unpaired) electrons. The number of likely N-dealkylation sites (N-methyl/N-ethyl adjacent to an activating group) is 1. The molecule has 222 valence electrons. The lowest BCUT2D eigenvalue weighted by Gasteiger charge is -2.35. The van der Waals surface area contributed by atoms with Crippen molar-refractivity contribution in [3.05, 3.63) is 53.6 Å². The second-order valence-corrected chi connectivity index (χ2v) is 10.8. The Kier molecular flexibility index (Phi) is 10.6. The summed E-state index contributed by atoms with van der Waals surface area (Å²) in [5.41, 5.74) is 1.13. The summed E-state index contributed by atoms with van der Waals surface area (Å²) in [6.07, 6.45) is 1.53. The van der Waals surface area contributed by atoms with Crippen LogP contribution in [-0.4, -0.2) is 90.8 Å². The molecule has 1 aromatic carbocycles. The van der Waals surface area contributed by atoms with Gasteiger partial charge in [0.1, 0.15) is 22.8 Å². The Morgan fingerprint density at radius 3 is 2.50 bits per heavy atom. The van der Waals surface area contributed by atoms with Crippen molar-refractivity contribution in [2.24, 2.45) is 5.92 Å². The van der Waals surface area contributed by atoms with E-state index in [0.29, 0.717) is 29.6 Å². The van der Waals surface area contributed by atoms with Gasteiger partial charge in [-0.3, -0.25) is 19.3 Å². The number of anilines is 3. The van der Waals surface area contributed by atoms with E-state index in [0.717, 1.165) is 37.6 Å². The quantitative estimate of drug-likeness (QED) is 0.333. The maximum Gasteiger partial charge on any atom is 0.262 e. The van der Waals surface area contributed by atoms with Gasteiger partial charge in [-0.2, -0.15) is 5.26 Å². The lowest BCUT2D eigenvalue weighted by molar-refractivity contribution is -0.129. The summed E-state index contributed by atoms with van der Waals surface area (Å²) >= 11 is 1.17. The number of hydrogen-bond donors (Lipinski definition) is 3. The van der Waals surface area contributed by atoms with E-state index in [1.54, 1.807) is 32.2 Å². The highest BCUT2D eigenvalue weighted by molar-refractivity contribution is 8.05. The monoisotopic (exact) mass is 592 g/mol. The maximum atomic E-state index is 13.0. The van der Waals surface area contributed by atoms with Crippen LogP contribution in [0.2, 0.25) is 0 Å². The molecular formula is C29H36N8O4S. The summed E-state index contributed by atoms with van der Waals surface area (Å²) in [5.74, 6) is -0.168. The number of carbonyl (C=O) groups excluding carboxylic acids is 3. The molecule has 2 atom stereocenters.